The zero-order chi connectivity index (χ0) is 12.3. The predicted molar refractivity (Wildman–Crippen MR) is 64.2 cm³/mol. The fourth-order valence-electron chi connectivity index (χ4n) is 1.57. The highest BCUT2D eigenvalue weighted by molar-refractivity contribution is 6.04. The summed E-state index contributed by atoms with van der Waals surface area (Å²) in [5, 5.41) is 6.81. The Morgan fingerprint density at radius 3 is 2.65 bits per heavy atom. The van der Waals surface area contributed by atoms with Crippen LogP contribution in [0, 0.1) is 5.92 Å². The largest absolute Gasteiger partial charge is 0.497 e. The summed E-state index contributed by atoms with van der Waals surface area (Å²) >= 11 is 0. The Morgan fingerprint density at radius 1 is 1.41 bits per heavy atom. The van der Waals surface area contributed by atoms with Crippen molar-refractivity contribution in [3.8, 4) is 5.75 Å². The summed E-state index contributed by atoms with van der Waals surface area (Å²) in [6, 6.07) is 7.50. The summed E-state index contributed by atoms with van der Waals surface area (Å²) in [6.07, 6.45) is 0. The van der Waals surface area contributed by atoms with Crippen molar-refractivity contribution in [2.45, 2.75) is 6.92 Å². The quantitative estimate of drug-likeness (QED) is 0.805. The van der Waals surface area contributed by atoms with Gasteiger partial charge in [-0.15, -0.1) is 0 Å². The number of nitrogens with one attached hydrogen (secondary N) is 1. The molecule has 0 saturated heterocycles. The van der Waals surface area contributed by atoms with Crippen LogP contribution in [-0.4, -0.2) is 25.3 Å². The summed E-state index contributed by atoms with van der Waals surface area (Å²) in [4.78, 5) is 15.9. The molecule has 1 heterocycles. The molecule has 1 aliphatic rings. The van der Waals surface area contributed by atoms with E-state index in [2.05, 4.69) is 15.3 Å². The van der Waals surface area contributed by atoms with Crippen molar-refractivity contribution in [2.24, 2.45) is 11.1 Å². The molecule has 0 aromatic heterocycles. The normalized spacial score (nSPS) is 18.6. The molecule has 0 amide bonds. The molecular weight excluding hydrogens is 220 g/mol. The number of nitrogens with zero attached hydrogens (tertiary/aromatic N) is 1. The van der Waals surface area contributed by atoms with Crippen LogP contribution in [0.3, 0.4) is 0 Å². The minimum absolute atomic E-state index is 0.294. The Morgan fingerprint density at radius 2 is 2.12 bits per heavy atom. The van der Waals surface area contributed by atoms with Crippen LogP contribution in [-0.2, 0) is 9.63 Å². The molecule has 1 atom stereocenters. The smallest absolute Gasteiger partial charge is 0.345 e. The minimum atomic E-state index is -0.302. The molecule has 0 fully saturated rings. The molecule has 0 saturated carbocycles. The Labute approximate surface area is 99.4 Å². The van der Waals surface area contributed by atoms with Crippen molar-refractivity contribution in [2.75, 3.05) is 19.0 Å². The molecule has 17 heavy (non-hydrogen) atoms. The van der Waals surface area contributed by atoms with E-state index >= 15 is 0 Å². The molecule has 0 aliphatic carbocycles. The predicted octanol–water partition coefficient (Wildman–Crippen LogP) is 1.66. The van der Waals surface area contributed by atoms with Gasteiger partial charge < -0.3 is 14.9 Å². The average molecular weight is 234 g/mol. The molecule has 5 nitrogen and oxygen atoms in total. The summed E-state index contributed by atoms with van der Waals surface area (Å²) in [5.74, 6) is 0.203. The van der Waals surface area contributed by atoms with Gasteiger partial charge in [-0.05, 0) is 31.2 Å². The molecule has 0 radical (unpaired) electrons. The van der Waals surface area contributed by atoms with Crippen LogP contribution in [0.5, 0.6) is 5.75 Å². The van der Waals surface area contributed by atoms with E-state index in [0.29, 0.717) is 12.3 Å². The Balaban J connectivity index is 1.93. The average Bonchev–Trinajstić information content (AvgIpc) is 2.67. The van der Waals surface area contributed by atoms with E-state index in [1.165, 1.54) is 0 Å². The first-order chi connectivity index (χ1) is 8.20. The molecule has 5 heteroatoms. The van der Waals surface area contributed by atoms with Crippen molar-refractivity contribution < 1.29 is 14.4 Å². The molecule has 1 unspecified atom stereocenters. The number of carbonyl (C=O) groups is 1. The SMILES string of the molecule is COc1ccc(NCC2C(=O)ON=C2C)cc1. The summed E-state index contributed by atoms with van der Waals surface area (Å²) < 4.78 is 5.06. The zero-order valence-electron chi connectivity index (χ0n) is 9.77. The second kappa shape index (κ2) is 4.86. The van der Waals surface area contributed by atoms with E-state index in [0.717, 1.165) is 11.4 Å². The van der Waals surface area contributed by atoms with Gasteiger partial charge >= 0.3 is 5.97 Å². The molecule has 1 N–H and O–H groups in total. The number of anilines is 1. The van der Waals surface area contributed by atoms with E-state index in [4.69, 9.17) is 4.74 Å². The van der Waals surface area contributed by atoms with Gasteiger partial charge in [0.2, 0.25) is 0 Å². The van der Waals surface area contributed by atoms with Crippen LogP contribution in [0.1, 0.15) is 6.92 Å². The third-order valence-corrected chi connectivity index (χ3v) is 2.67. The van der Waals surface area contributed by atoms with Crippen LogP contribution in [0.4, 0.5) is 5.69 Å². The van der Waals surface area contributed by atoms with E-state index in [1.54, 1.807) is 14.0 Å². The van der Waals surface area contributed by atoms with Gasteiger partial charge in [-0.2, -0.15) is 0 Å². The molecule has 1 aromatic carbocycles. The van der Waals surface area contributed by atoms with Crippen LogP contribution in [0.15, 0.2) is 29.4 Å². The lowest BCUT2D eigenvalue weighted by Crippen LogP contribution is -2.25. The number of ether oxygens (including phenoxy) is 1. The molecule has 1 aliphatic heterocycles. The Hall–Kier alpha value is -2.04. The first kappa shape index (κ1) is 11.4. The maximum Gasteiger partial charge on any atom is 0.345 e. The first-order valence-electron chi connectivity index (χ1n) is 5.34. The van der Waals surface area contributed by atoms with E-state index < -0.39 is 0 Å². The van der Waals surface area contributed by atoms with Gasteiger partial charge in [-0.25, -0.2) is 4.79 Å². The van der Waals surface area contributed by atoms with Gasteiger partial charge in [0.1, 0.15) is 11.7 Å². The third-order valence-electron chi connectivity index (χ3n) is 2.67. The van der Waals surface area contributed by atoms with Gasteiger partial charge in [-0.1, -0.05) is 5.16 Å². The lowest BCUT2D eigenvalue weighted by molar-refractivity contribution is -0.143. The van der Waals surface area contributed by atoms with Crippen molar-refractivity contribution in [3.05, 3.63) is 24.3 Å². The summed E-state index contributed by atoms with van der Waals surface area (Å²) in [6.45, 7) is 2.27. The topological polar surface area (TPSA) is 59.9 Å². The van der Waals surface area contributed by atoms with Crippen LogP contribution in [0.2, 0.25) is 0 Å². The third kappa shape index (κ3) is 2.55. The number of methoxy groups -OCH3 is 1. The van der Waals surface area contributed by atoms with Crippen molar-refractivity contribution >= 4 is 17.4 Å². The second-order valence-corrected chi connectivity index (χ2v) is 3.80. The first-order valence-corrected chi connectivity index (χ1v) is 5.34. The van der Waals surface area contributed by atoms with Gasteiger partial charge in [0.25, 0.3) is 0 Å². The molecule has 90 valence electrons. The fraction of sp³-hybridized carbons (Fsp3) is 0.333. The minimum Gasteiger partial charge on any atom is -0.497 e. The highest BCUT2D eigenvalue weighted by atomic mass is 16.7. The highest BCUT2D eigenvalue weighted by Crippen LogP contribution is 2.17. The van der Waals surface area contributed by atoms with Crippen LogP contribution < -0.4 is 10.1 Å². The lowest BCUT2D eigenvalue weighted by Gasteiger charge is -2.10. The fourth-order valence-corrected chi connectivity index (χ4v) is 1.57. The van der Waals surface area contributed by atoms with E-state index in [-0.39, 0.29) is 11.9 Å². The number of benzene rings is 1. The van der Waals surface area contributed by atoms with Crippen molar-refractivity contribution in [1.29, 1.82) is 0 Å². The van der Waals surface area contributed by atoms with Gasteiger partial charge in [0, 0.05) is 12.2 Å². The van der Waals surface area contributed by atoms with Crippen molar-refractivity contribution in [1.82, 2.24) is 0 Å². The van der Waals surface area contributed by atoms with E-state index in [1.807, 2.05) is 24.3 Å². The maximum atomic E-state index is 11.3. The number of hydrogen-bond acceptors (Lipinski definition) is 5. The van der Waals surface area contributed by atoms with Crippen LogP contribution in [0.25, 0.3) is 0 Å². The highest BCUT2D eigenvalue weighted by Gasteiger charge is 2.29. The number of carbonyl (C=O) groups excluding carboxylic acids is 1. The number of hydrogen-bond donors (Lipinski definition) is 1. The Kier molecular flexibility index (Phi) is 3.27. The standard InChI is InChI=1S/C12H14N2O3/c1-8-11(12(15)17-14-8)7-13-9-3-5-10(16-2)6-4-9/h3-6,11,13H,7H2,1-2H3. The zero-order valence-corrected chi connectivity index (χ0v) is 9.77. The lowest BCUT2D eigenvalue weighted by atomic mass is 10.1. The summed E-state index contributed by atoms with van der Waals surface area (Å²) in [5.41, 5.74) is 1.63. The van der Waals surface area contributed by atoms with Gasteiger partial charge in [0.15, 0.2) is 0 Å². The van der Waals surface area contributed by atoms with Gasteiger partial charge in [0.05, 0.1) is 12.8 Å². The molecule has 2 rings (SSSR count). The maximum absolute atomic E-state index is 11.3. The van der Waals surface area contributed by atoms with Gasteiger partial charge in [-0.3, -0.25) is 0 Å². The van der Waals surface area contributed by atoms with Crippen molar-refractivity contribution in [3.63, 3.8) is 0 Å². The summed E-state index contributed by atoms with van der Waals surface area (Å²) in [7, 11) is 1.62. The molecule has 0 spiro atoms. The second-order valence-electron chi connectivity index (χ2n) is 3.80. The van der Waals surface area contributed by atoms with Crippen LogP contribution >= 0.6 is 0 Å². The molecule has 1 aromatic rings. The Bertz CT molecular complexity index is 440. The monoisotopic (exact) mass is 234 g/mol. The van der Waals surface area contributed by atoms with E-state index in [9.17, 15) is 4.79 Å². The molecule has 0 bridgehead atoms. The number of oxime groups is 1. The molecular formula is C12H14N2O3. The number of rotatable bonds is 4.